The summed E-state index contributed by atoms with van der Waals surface area (Å²) in [4.78, 5) is 0.506. The van der Waals surface area contributed by atoms with E-state index in [9.17, 15) is 8.78 Å². The van der Waals surface area contributed by atoms with Crippen LogP contribution in [0.1, 0.15) is 10.9 Å². The quantitative estimate of drug-likeness (QED) is 0.847. The first kappa shape index (κ1) is 9.09. The van der Waals surface area contributed by atoms with Gasteiger partial charge < -0.3 is 5.73 Å². The third-order valence-electron chi connectivity index (χ3n) is 1.19. The SMILES string of the molecule is N[C@@H](c1ccc(Br)s1)C(F)F. The molecule has 1 heterocycles. The normalized spacial score (nSPS) is 13.9. The zero-order valence-electron chi connectivity index (χ0n) is 5.43. The van der Waals surface area contributed by atoms with Crippen LogP contribution >= 0.6 is 27.3 Å². The number of thiophene rings is 1. The molecule has 62 valence electrons. The predicted octanol–water partition coefficient (Wildman–Crippen LogP) is 2.78. The monoisotopic (exact) mass is 241 g/mol. The number of hydrogen-bond donors (Lipinski definition) is 1. The van der Waals surface area contributed by atoms with E-state index in [1.54, 1.807) is 12.1 Å². The van der Waals surface area contributed by atoms with Crippen molar-refractivity contribution >= 4 is 27.3 Å². The fraction of sp³-hybridized carbons (Fsp3) is 0.333. The number of halogens is 3. The summed E-state index contributed by atoms with van der Waals surface area (Å²) in [6.07, 6.45) is -2.49. The van der Waals surface area contributed by atoms with Gasteiger partial charge in [0.1, 0.15) is 6.04 Å². The highest BCUT2D eigenvalue weighted by molar-refractivity contribution is 9.11. The lowest BCUT2D eigenvalue weighted by molar-refractivity contribution is 0.118. The summed E-state index contributed by atoms with van der Waals surface area (Å²) in [5.41, 5.74) is 5.19. The van der Waals surface area contributed by atoms with Gasteiger partial charge in [-0.05, 0) is 28.1 Å². The predicted molar refractivity (Wildman–Crippen MR) is 45.0 cm³/mol. The third kappa shape index (κ3) is 2.21. The standard InChI is InChI=1S/C6H6BrF2NS/c7-4-2-1-3(11-4)5(10)6(8)9/h1-2,5-6H,10H2/t5-/m0/s1. The summed E-state index contributed by atoms with van der Waals surface area (Å²) in [5.74, 6) is 0. The van der Waals surface area contributed by atoms with E-state index in [1.807, 2.05) is 0 Å². The Hall–Kier alpha value is -0.0000000000000000833. The van der Waals surface area contributed by atoms with Gasteiger partial charge in [0.25, 0.3) is 6.43 Å². The molecule has 0 spiro atoms. The molecule has 1 aromatic rings. The molecule has 0 amide bonds. The topological polar surface area (TPSA) is 26.0 Å². The Kier molecular flexibility index (Phi) is 2.98. The molecule has 1 rings (SSSR count). The van der Waals surface area contributed by atoms with Gasteiger partial charge in [0, 0.05) is 4.88 Å². The van der Waals surface area contributed by atoms with Crippen LogP contribution in [0.15, 0.2) is 15.9 Å². The summed E-state index contributed by atoms with van der Waals surface area (Å²) in [6, 6.07) is 2.17. The minimum atomic E-state index is -2.49. The van der Waals surface area contributed by atoms with E-state index in [4.69, 9.17) is 5.73 Å². The van der Waals surface area contributed by atoms with Crippen LogP contribution in [0.4, 0.5) is 8.78 Å². The molecule has 5 heteroatoms. The molecular formula is C6H6BrF2NS. The Labute approximate surface area is 75.3 Å². The molecule has 0 aliphatic rings. The van der Waals surface area contributed by atoms with Crippen LogP contribution in [0.5, 0.6) is 0 Å². The van der Waals surface area contributed by atoms with Crippen LogP contribution in [-0.2, 0) is 0 Å². The lowest BCUT2D eigenvalue weighted by atomic mass is 10.3. The number of hydrogen-bond acceptors (Lipinski definition) is 2. The van der Waals surface area contributed by atoms with Crippen LogP contribution in [0.2, 0.25) is 0 Å². The van der Waals surface area contributed by atoms with Gasteiger partial charge in [0.05, 0.1) is 3.79 Å². The Balaban J connectivity index is 2.76. The van der Waals surface area contributed by atoms with Crippen LogP contribution in [0.25, 0.3) is 0 Å². The van der Waals surface area contributed by atoms with E-state index in [2.05, 4.69) is 15.9 Å². The van der Waals surface area contributed by atoms with Crippen molar-refractivity contribution in [3.63, 3.8) is 0 Å². The molecule has 11 heavy (non-hydrogen) atoms. The van der Waals surface area contributed by atoms with E-state index in [0.717, 1.165) is 3.79 Å². The van der Waals surface area contributed by atoms with Crippen molar-refractivity contribution < 1.29 is 8.78 Å². The maximum absolute atomic E-state index is 12.0. The second kappa shape index (κ2) is 3.60. The van der Waals surface area contributed by atoms with Crippen molar-refractivity contribution in [1.29, 1.82) is 0 Å². The lowest BCUT2D eigenvalue weighted by Crippen LogP contribution is -2.17. The van der Waals surface area contributed by atoms with Gasteiger partial charge in [-0.1, -0.05) is 0 Å². The average Bonchev–Trinajstić information content (AvgIpc) is 2.34. The minimum Gasteiger partial charge on any atom is -0.319 e. The Morgan fingerprint density at radius 1 is 1.45 bits per heavy atom. The van der Waals surface area contributed by atoms with Gasteiger partial charge in [-0.3, -0.25) is 0 Å². The van der Waals surface area contributed by atoms with Gasteiger partial charge in [-0.25, -0.2) is 8.78 Å². The number of rotatable bonds is 2. The van der Waals surface area contributed by atoms with Crippen molar-refractivity contribution in [1.82, 2.24) is 0 Å². The molecule has 0 aromatic carbocycles. The summed E-state index contributed by atoms with van der Waals surface area (Å²) in [7, 11) is 0. The van der Waals surface area contributed by atoms with Crippen LogP contribution in [0.3, 0.4) is 0 Å². The fourth-order valence-corrected chi connectivity index (χ4v) is 2.06. The van der Waals surface area contributed by atoms with Crippen molar-refractivity contribution in [2.45, 2.75) is 12.5 Å². The smallest absolute Gasteiger partial charge is 0.258 e. The molecule has 2 N–H and O–H groups in total. The molecule has 0 radical (unpaired) electrons. The second-order valence-electron chi connectivity index (χ2n) is 2.00. The van der Waals surface area contributed by atoms with E-state index in [1.165, 1.54) is 11.3 Å². The van der Waals surface area contributed by atoms with Crippen molar-refractivity contribution in [2.24, 2.45) is 5.73 Å². The molecular weight excluding hydrogens is 236 g/mol. The van der Waals surface area contributed by atoms with Crippen LogP contribution in [0, 0.1) is 0 Å². The van der Waals surface area contributed by atoms with E-state index in [0.29, 0.717) is 4.88 Å². The van der Waals surface area contributed by atoms with Crippen molar-refractivity contribution in [3.05, 3.63) is 20.8 Å². The highest BCUT2D eigenvalue weighted by Crippen LogP contribution is 2.28. The first-order valence-corrected chi connectivity index (χ1v) is 4.51. The summed E-state index contributed by atoms with van der Waals surface area (Å²) in [5, 5.41) is 0. The molecule has 0 saturated heterocycles. The zero-order chi connectivity index (χ0) is 8.43. The maximum Gasteiger partial charge on any atom is 0.258 e. The van der Waals surface area contributed by atoms with Gasteiger partial charge in [-0.15, -0.1) is 11.3 Å². The van der Waals surface area contributed by atoms with Gasteiger partial charge in [-0.2, -0.15) is 0 Å². The molecule has 0 aliphatic carbocycles. The second-order valence-corrected chi connectivity index (χ2v) is 4.50. The molecule has 0 bridgehead atoms. The largest absolute Gasteiger partial charge is 0.319 e. The first-order chi connectivity index (χ1) is 5.11. The number of nitrogens with two attached hydrogens (primary N) is 1. The van der Waals surface area contributed by atoms with Gasteiger partial charge in [0.2, 0.25) is 0 Å². The molecule has 0 unspecified atom stereocenters. The zero-order valence-corrected chi connectivity index (χ0v) is 7.83. The molecule has 0 aliphatic heterocycles. The molecule has 0 fully saturated rings. The van der Waals surface area contributed by atoms with E-state index in [-0.39, 0.29) is 0 Å². The minimum absolute atomic E-state index is 0.506. The average molecular weight is 242 g/mol. The highest BCUT2D eigenvalue weighted by atomic mass is 79.9. The maximum atomic E-state index is 12.0. The first-order valence-electron chi connectivity index (χ1n) is 2.90. The molecule has 1 aromatic heterocycles. The molecule has 1 atom stereocenters. The third-order valence-corrected chi connectivity index (χ3v) is 2.92. The van der Waals surface area contributed by atoms with Crippen molar-refractivity contribution in [3.8, 4) is 0 Å². The Morgan fingerprint density at radius 2 is 2.09 bits per heavy atom. The van der Waals surface area contributed by atoms with Gasteiger partial charge in [0.15, 0.2) is 0 Å². The van der Waals surface area contributed by atoms with Gasteiger partial charge >= 0.3 is 0 Å². The fourth-order valence-electron chi connectivity index (χ4n) is 0.632. The number of alkyl halides is 2. The van der Waals surface area contributed by atoms with E-state index >= 15 is 0 Å². The van der Waals surface area contributed by atoms with Crippen molar-refractivity contribution in [2.75, 3.05) is 0 Å². The summed E-state index contributed by atoms with van der Waals surface area (Å²) < 4.78 is 24.8. The van der Waals surface area contributed by atoms with Crippen LogP contribution < -0.4 is 5.73 Å². The Bertz CT molecular complexity index is 238. The Morgan fingerprint density at radius 3 is 2.45 bits per heavy atom. The lowest BCUT2D eigenvalue weighted by Gasteiger charge is -2.05. The highest BCUT2D eigenvalue weighted by Gasteiger charge is 2.18. The van der Waals surface area contributed by atoms with Crippen LogP contribution in [-0.4, -0.2) is 6.43 Å². The summed E-state index contributed by atoms with van der Waals surface area (Å²) >= 11 is 4.40. The molecule has 0 saturated carbocycles. The molecule has 1 nitrogen and oxygen atoms in total. The summed E-state index contributed by atoms with van der Waals surface area (Å²) in [6.45, 7) is 0. The van der Waals surface area contributed by atoms with E-state index < -0.39 is 12.5 Å².